The molecule has 0 saturated heterocycles. The van der Waals surface area contributed by atoms with E-state index in [4.69, 9.17) is 4.42 Å². The molecule has 17 heavy (non-hydrogen) atoms. The molecule has 0 bridgehead atoms. The van der Waals surface area contributed by atoms with Gasteiger partial charge < -0.3 is 4.42 Å². The third kappa shape index (κ3) is 3.21. The van der Waals surface area contributed by atoms with E-state index in [9.17, 15) is 4.79 Å². The molecule has 2 rings (SSSR count). The number of rotatable bonds is 5. The minimum Gasteiger partial charge on any atom is -0.461 e. The van der Waals surface area contributed by atoms with Crippen LogP contribution in [-0.2, 0) is 0 Å². The summed E-state index contributed by atoms with van der Waals surface area (Å²) < 4.78 is 5.19. The van der Waals surface area contributed by atoms with Gasteiger partial charge in [-0.25, -0.2) is 0 Å². The molecule has 1 aromatic rings. The molecule has 0 radical (unpaired) electrons. The Morgan fingerprint density at radius 1 is 1.35 bits per heavy atom. The second kappa shape index (κ2) is 6.04. The third-order valence-corrected chi connectivity index (χ3v) is 3.95. The van der Waals surface area contributed by atoms with E-state index in [1.165, 1.54) is 32.1 Å². The number of ketones is 1. The Kier molecular flexibility index (Phi) is 4.41. The second-order valence-electron chi connectivity index (χ2n) is 5.20. The lowest BCUT2D eigenvalue weighted by Crippen LogP contribution is -2.21. The first-order valence-electron chi connectivity index (χ1n) is 6.89. The molecule has 0 spiro atoms. The van der Waals surface area contributed by atoms with Crippen LogP contribution >= 0.6 is 0 Å². The van der Waals surface area contributed by atoms with Gasteiger partial charge in [-0.2, -0.15) is 0 Å². The molecule has 1 aliphatic carbocycles. The molecule has 0 amide bonds. The number of hydrogen-bond donors (Lipinski definition) is 0. The molecule has 1 heterocycles. The fourth-order valence-corrected chi connectivity index (χ4v) is 2.83. The van der Waals surface area contributed by atoms with Crippen molar-refractivity contribution in [3.63, 3.8) is 0 Å². The van der Waals surface area contributed by atoms with Gasteiger partial charge in [0.15, 0.2) is 5.76 Å². The molecule has 94 valence electrons. The van der Waals surface area contributed by atoms with Gasteiger partial charge in [-0.05, 0) is 43.7 Å². The van der Waals surface area contributed by atoms with E-state index in [0.717, 1.165) is 18.8 Å². The van der Waals surface area contributed by atoms with Crippen LogP contribution in [0, 0.1) is 11.8 Å². The quantitative estimate of drug-likeness (QED) is 0.704. The highest BCUT2D eigenvalue weighted by Crippen LogP contribution is 2.33. The number of unbranched alkanes of at least 4 members (excludes halogenated alkanes) is 1. The van der Waals surface area contributed by atoms with Crippen molar-refractivity contribution in [2.75, 3.05) is 0 Å². The lowest BCUT2D eigenvalue weighted by Gasteiger charge is -2.27. The van der Waals surface area contributed by atoms with Crippen LogP contribution in [-0.4, -0.2) is 5.78 Å². The highest BCUT2D eigenvalue weighted by atomic mass is 16.3. The largest absolute Gasteiger partial charge is 0.461 e. The molecule has 0 N–H and O–H groups in total. The van der Waals surface area contributed by atoms with Crippen molar-refractivity contribution in [1.82, 2.24) is 0 Å². The number of carbonyl (C=O) groups excluding carboxylic acids is 1. The summed E-state index contributed by atoms with van der Waals surface area (Å²) in [6.45, 7) is 2.24. The van der Waals surface area contributed by atoms with Crippen molar-refractivity contribution in [2.24, 2.45) is 11.8 Å². The number of carbonyl (C=O) groups is 1. The molecule has 2 heteroatoms. The van der Waals surface area contributed by atoms with Crippen LogP contribution in [0.15, 0.2) is 22.8 Å². The van der Waals surface area contributed by atoms with E-state index < -0.39 is 0 Å². The van der Waals surface area contributed by atoms with Crippen LogP contribution in [0.1, 0.15) is 62.4 Å². The first-order chi connectivity index (χ1) is 8.31. The van der Waals surface area contributed by atoms with Crippen molar-refractivity contribution in [3.8, 4) is 0 Å². The van der Waals surface area contributed by atoms with Crippen molar-refractivity contribution in [2.45, 2.75) is 51.9 Å². The predicted molar refractivity (Wildman–Crippen MR) is 68.0 cm³/mol. The second-order valence-corrected chi connectivity index (χ2v) is 5.20. The van der Waals surface area contributed by atoms with Crippen LogP contribution in [0.3, 0.4) is 0 Å². The lowest BCUT2D eigenvalue weighted by atomic mass is 9.78. The third-order valence-electron chi connectivity index (χ3n) is 3.95. The molecule has 1 saturated carbocycles. The van der Waals surface area contributed by atoms with Crippen molar-refractivity contribution < 1.29 is 9.21 Å². The van der Waals surface area contributed by atoms with Crippen molar-refractivity contribution >= 4 is 5.78 Å². The van der Waals surface area contributed by atoms with E-state index in [1.807, 2.05) is 0 Å². The molecule has 0 atom stereocenters. The van der Waals surface area contributed by atoms with Crippen molar-refractivity contribution in [3.05, 3.63) is 24.2 Å². The Hall–Kier alpha value is -1.05. The monoisotopic (exact) mass is 234 g/mol. The van der Waals surface area contributed by atoms with Gasteiger partial charge in [-0.15, -0.1) is 0 Å². The number of Topliss-reactive ketones (excluding diaryl/α,β-unsaturated/α-hetero) is 1. The van der Waals surface area contributed by atoms with Gasteiger partial charge in [0, 0.05) is 5.92 Å². The molecule has 1 aliphatic rings. The fraction of sp³-hybridized carbons (Fsp3) is 0.667. The molecule has 0 aromatic carbocycles. The van der Waals surface area contributed by atoms with Gasteiger partial charge in [0.25, 0.3) is 0 Å². The number of furan rings is 1. The van der Waals surface area contributed by atoms with Gasteiger partial charge in [0.2, 0.25) is 5.78 Å². The van der Waals surface area contributed by atoms with E-state index in [0.29, 0.717) is 5.76 Å². The topological polar surface area (TPSA) is 30.2 Å². The van der Waals surface area contributed by atoms with Crippen molar-refractivity contribution in [1.29, 1.82) is 0 Å². The molecule has 0 unspecified atom stereocenters. The van der Waals surface area contributed by atoms with Gasteiger partial charge in [-0.1, -0.05) is 26.2 Å². The Bertz CT molecular complexity index is 332. The van der Waals surface area contributed by atoms with E-state index in [-0.39, 0.29) is 11.7 Å². The summed E-state index contributed by atoms with van der Waals surface area (Å²) >= 11 is 0. The average Bonchev–Trinajstić information content (AvgIpc) is 2.90. The highest BCUT2D eigenvalue weighted by Gasteiger charge is 2.27. The minimum atomic E-state index is 0.207. The van der Waals surface area contributed by atoms with Gasteiger partial charge in [0.05, 0.1) is 6.26 Å². The zero-order valence-corrected chi connectivity index (χ0v) is 10.7. The molecular weight excluding hydrogens is 212 g/mol. The summed E-state index contributed by atoms with van der Waals surface area (Å²) in [6.07, 6.45) is 10.1. The van der Waals surface area contributed by atoms with Crippen LogP contribution < -0.4 is 0 Å². The van der Waals surface area contributed by atoms with Crippen LogP contribution in [0.4, 0.5) is 0 Å². The predicted octanol–water partition coefficient (Wildman–Crippen LogP) is 4.46. The smallest absolute Gasteiger partial charge is 0.201 e. The lowest BCUT2D eigenvalue weighted by molar-refractivity contribution is 0.0840. The Morgan fingerprint density at radius 3 is 2.71 bits per heavy atom. The Morgan fingerprint density at radius 2 is 2.12 bits per heavy atom. The van der Waals surface area contributed by atoms with Crippen LogP contribution in [0.25, 0.3) is 0 Å². The summed E-state index contributed by atoms with van der Waals surface area (Å²) in [7, 11) is 0. The fourth-order valence-electron chi connectivity index (χ4n) is 2.83. The van der Waals surface area contributed by atoms with E-state index in [1.54, 1.807) is 18.4 Å². The molecule has 2 nitrogen and oxygen atoms in total. The summed E-state index contributed by atoms with van der Waals surface area (Å²) in [5.74, 6) is 1.82. The van der Waals surface area contributed by atoms with Gasteiger partial charge in [-0.3, -0.25) is 4.79 Å². The molecule has 1 aromatic heterocycles. The summed E-state index contributed by atoms with van der Waals surface area (Å²) in [4.78, 5) is 12.1. The zero-order chi connectivity index (χ0) is 12.1. The number of hydrogen-bond acceptors (Lipinski definition) is 2. The standard InChI is InChI=1S/C15H22O2/c1-2-3-5-12-7-9-13(10-8-12)15(16)14-6-4-11-17-14/h4,6,11-13H,2-3,5,7-10H2,1H3. The Labute approximate surface area is 103 Å². The first kappa shape index (κ1) is 12.4. The molecular formula is C15H22O2. The van der Waals surface area contributed by atoms with Crippen LogP contribution in [0.2, 0.25) is 0 Å². The molecule has 0 aliphatic heterocycles. The zero-order valence-electron chi connectivity index (χ0n) is 10.7. The van der Waals surface area contributed by atoms with E-state index in [2.05, 4.69) is 6.92 Å². The minimum absolute atomic E-state index is 0.207. The van der Waals surface area contributed by atoms with Gasteiger partial charge >= 0.3 is 0 Å². The molecule has 1 fully saturated rings. The van der Waals surface area contributed by atoms with E-state index >= 15 is 0 Å². The Balaban J connectivity index is 1.81. The average molecular weight is 234 g/mol. The SMILES string of the molecule is CCCCC1CCC(C(=O)c2ccco2)CC1. The first-order valence-corrected chi connectivity index (χ1v) is 6.89. The summed E-state index contributed by atoms with van der Waals surface area (Å²) in [5.41, 5.74) is 0. The maximum Gasteiger partial charge on any atom is 0.201 e. The normalized spacial score (nSPS) is 24.8. The highest BCUT2D eigenvalue weighted by molar-refractivity contribution is 5.95. The van der Waals surface area contributed by atoms with Crippen LogP contribution in [0.5, 0.6) is 0 Å². The maximum absolute atomic E-state index is 12.1. The van der Waals surface area contributed by atoms with Gasteiger partial charge in [0.1, 0.15) is 0 Å². The summed E-state index contributed by atoms with van der Waals surface area (Å²) in [6, 6.07) is 3.58. The summed E-state index contributed by atoms with van der Waals surface area (Å²) in [5, 5.41) is 0. The maximum atomic E-state index is 12.1.